The second-order valence-electron chi connectivity index (χ2n) is 11.0. The van der Waals surface area contributed by atoms with Crippen molar-refractivity contribution < 1.29 is 67.2 Å². The maximum Gasteiger partial charge on any atom is 0.239 e. The first-order valence-electron chi connectivity index (χ1n) is 15.6. The summed E-state index contributed by atoms with van der Waals surface area (Å²) in [6.45, 7) is 0. The van der Waals surface area contributed by atoms with Crippen molar-refractivity contribution in [1.82, 2.24) is 0 Å². The molecule has 2 heterocycles. The number of phenolic OH excluding ortho intramolecular Hbond substituents is 4. The molecule has 6 rings (SSSR count). The second kappa shape index (κ2) is 15.6. The van der Waals surface area contributed by atoms with Crippen LogP contribution in [-0.4, -0.2) is 77.3 Å². The Morgan fingerprint density at radius 3 is 1.06 bits per heavy atom. The molecule has 0 aliphatic heterocycles. The Hall–Kier alpha value is -7.10. The maximum absolute atomic E-state index is 12.9. The van der Waals surface area contributed by atoms with Crippen LogP contribution in [0.1, 0.15) is 0 Å². The molecule has 0 amide bonds. The molecule has 0 atom stereocenters. The van der Waals surface area contributed by atoms with Crippen LogP contribution in [0.4, 0.5) is 0 Å². The highest BCUT2D eigenvalue weighted by Gasteiger charge is 2.26. The molecule has 54 heavy (non-hydrogen) atoms. The lowest BCUT2D eigenvalue weighted by Gasteiger charge is -2.14. The molecule has 0 radical (unpaired) electrons. The number of hydrogen-bond donors (Lipinski definition) is 4. The lowest BCUT2D eigenvalue weighted by molar-refractivity contribution is 0.334. The van der Waals surface area contributed by atoms with E-state index in [1.807, 2.05) is 0 Å². The van der Waals surface area contributed by atoms with Crippen molar-refractivity contribution in [3.63, 3.8) is 0 Å². The molecule has 0 spiro atoms. The normalized spacial score (nSPS) is 10.7. The second-order valence-corrected chi connectivity index (χ2v) is 11.0. The molecule has 2 aromatic heterocycles. The van der Waals surface area contributed by atoms with E-state index in [1.165, 1.54) is 93.3 Å². The summed E-state index contributed by atoms with van der Waals surface area (Å²) < 4.78 is 53.0. The SMILES string of the molecule is COc1cc(-c2oc3cc(OC)c(OC)c(O)c3c(=O)c2OC)ccc1O.COc1cc(-c2oc3cc(OC)c(OC)c(O)c3c(=O)c2OC)ccc1O. The van der Waals surface area contributed by atoms with E-state index in [9.17, 15) is 30.0 Å². The predicted molar refractivity (Wildman–Crippen MR) is 195 cm³/mol. The zero-order valence-corrected chi connectivity index (χ0v) is 30.3. The lowest BCUT2D eigenvalue weighted by atomic mass is 10.1. The Kier molecular flexibility index (Phi) is 11.1. The number of methoxy groups -OCH3 is 8. The molecule has 0 aliphatic rings. The zero-order valence-electron chi connectivity index (χ0n) is 30.3. The Labute approximate surface area is 306 Å². The average Bonchev–Trinajstić information content (AvgIpc) is 3.17. The fourth-order valence-electron chi connectivity index (χ4n) is 5.64. The van der Waals surface area contributed by atoms with E-state index in [-0.39, 0.29) is 91.0 Å². The van der Waals surface area contributed by atoms with Gasteiger partial charge >= 0.3 is 0 Å². The van der Waals surface area contributed by atoms with Crippen molar-refractivity contribution in [3.8, 4) is 91.6 Å². The Balaban J connectivity index is 0.000000208. The summed E-state index contributed by atoms with van der Waals surface area (Å²) >= 11 is 0. The third-order valence-corrected chi connectivity index (χ3v) is 8.21. The van der Waals surface area contributed by atoms with Crippen LogP contribution in [0.3, 0.4) is 0 Å². The number of phenols is 4. The van der Waals surface area contributed by atoms with Crippen molar-refractivity contribution >= 4 is 21.9 Å². The Bertz CT molecular complexity index is 2310. The van der Waals surface area contributed by atoms with Gasteiger partial charge in [0.25, 0.3) is 0 Å². The molecule has 284 valence electrons. The third kappa shape index (κ3) is 6.55. The first-order chi connectivity index (χ1) is 25.9. The molecular formula is C38H36O16. The first kappa shape index (κ1) is 38.1. The van der Waals surface area contributed by atoms with Gasteiger partial charge in [-0.05, 0) is 36.4 Å². The Morgan fingerprint density at radius 2 is 0.759 bits per heavy atom. The van der Waals surface area contributed by atoms with Gasteiger partial charge in [0.2, 0.25) is 33.9 Å². The van der Waals surface area contributed by atoms with Crippen molar-refractivity contribution in [1.29, 1.82) is 0 Å². The minimum absolute atomic E-state index is 0.0124. The summed E-state index contributed by atoms with van der Waals surface area (Å²) in [5.74, 6) is -0.121. The van der Waals surface area contributed by atoms with Crippen LogP contribution < -0.4 is 48.8 Å². The smallest absolute Gasteiger partial charge is 0.239 e. The fourth-order valence-corrected chi connectivity index (χ4v) is 5.64. The summed E-state index contributed by atoms with van der Waals surface area (Å²) in [6, 6.07) is 11.8. The summed E-state index contributed by atoms with van der Waals surface area (Å²) in [7, 11) is 10.9. The van der Waals surface area contributed by atoms with Gasteiger partial charge in [0.1, 0.15) is 21.9 Å². The molecule has 0 aliphatic carbocycles. The van der Waals surface area contributed by atoms with E-state index in [4.69, 9.17) is 46.7 Å². The van der Waals surface area contributed by atoms with E-state index in [2.05, 4.69) is 0 Å². The van der Waals surface area contributed by atoms with Gasteiger partial charge in [-0.25, -0.2) is 0 Å². The van der Waals surface area contributed by atoms with Crippen molar-refractivity contribution in [2.75, 3.05) is 56.9 Å². The fraction of sp³-hybridized carbons (Fsp3) is 0.211. The van der Waals surface area contributed by atoms with E-state index in [0.717, 1.165) is 0 Å². The summed E-state index contributed by atoms with van der Waals surface area (Å²) in [6.07, 6.45) is 0. The molecule has 0 unspecified atom stereocenters. The van der Waals surface area contributed by atoms with Gasteiger partial charge in [0.15, 0.2) is 57.5 Å². The standard InChI is InChI=1S/2C19H18O8/c2*1-23-11-7-9(5-6-10(11)20)17-19(26-4)16(22)14-12(27-17)8-13(24-2)18(25-3)15(14)21/h2*5-8,20-21H,1-4H3. The third-order valence-electron chi connectivity index (χ3n) is 8.21. The number of ether oxygens (including phenoxy) is 8. The minimum atomic E-state index is -0.584. The molecule has 4 aromatic carbocycles. The predicted octanol–water partition coefficient (Wildman–Crippen LogP) is 5.81. The van der Waals surface area contributed by atoms with Crippen LogP contribution in [-0.2, 0) is 0 Å². The van der Waals surface area contributed by atoms with Gasteiger partial charge in [-0.1, -0.05) is 0 Å². The van der Waals surface area contributed by atoms with Gasteiger partial charge < -0.3 is 67.2 Å². The summed E-state index contributed by atoms with van der Waals surface area (Å²) in [5.41, 5.74) is -0.126. The van der Waals surface area contributed by atoms with Crippen LogP contribution in [0.5, 0.6) is 69.0 Å². The highest BCUT2D eigenvalue weighted by atomic mass is 16.5. The molecule has 6 aromatic rings. The number of hydrogen-bond acceptors (Lipinski definition) is 16. The Morgan fingerprint density at radius 1 is 0.426 bits per heavy atom. The molecule has 16 nitrogen and oxygen atoms in total. The van der Waals surface area contributed by atoms with Gasteiger partial charge in [-0.15, -0.1) is 0 Å². The zero-order chi connectivity index (χ0) is 39.4. The number of rotatable bonds is 10. The van der Waals surface area contributed by atoms with Crippen LogP contribution in [0.2, 0.25) is 0 Å². The first-order valence-corrected chi connectivity index (χ1v) is 15.6. The summed E-state index contributed by atoms with van der Waals surface area (Å²) in [4.78, 5) is 25.9. The topological polar surface area (TPSA) is 215 Å². The van der Waals surface area contributed by atoms with Crippen molar-refractivity contribution in [3.05, 3.63) is 69.0 Å². The van der Waals surface area contributed by atoms with E-state index in [0.29, 0.717) is 11.1 Å². The monoisotopic (exact) mass is 748 g/mol. The quantitative estimate of drug-likeness (QED) is 0.130. The lowest BCUT2D eigenvalue weighted by Crippen LogP contribution is -2.08. The number of aromatic hydroxyl groups is 4. The van der Waals surface area contributed by atoms with Gasteiger partial charge in [0.05, 0.1) is 56.9 Å². The maximum atomic E-state index is 12.9. The van der Waals surface area contributed by atoms with E-state index in [1.54, 1.807) is 12.1 Å². The molecule has 4 N–H and O–H groups in total. The largest absolute Gasteiger partial charge is 0.504 e. The minimum Gasteiger partial charge on any atom is -0.504 e. The molecule has 0 fully saturated rings. The van der Waals surface area contributed by atoms with Crippen LogP contribution >= 0.6 is 0 Å². The van der Waals surface area contributed by atoms with Gasteiger partial charge in [-0.2, -0.15) is 0 Å². The van der Waals surface area contributed by atoms with Crippen LogP contribution in [0.15, 0.2) is 67.0 Å². The van der Waals surface area contributed by atoms with Crippen molar-refractivity contribution in [2.24, 2.45) is 0 Å². The molecule has 0 saturated heterocycles. The highest BCUT2D eigenvalue weighted by molar-refractivity contribution is 5.92. The molecular weight excluding hydrogens is 712 g/mol. The van der Waals surface area contributed by atoms with Crippen LogP contribution in [0.25, 0.3) is 44.6 Å². The number of benzene rings is 4. The highest BCUT2D eigenvalue weighted by Crippen LogP contribution is 2.46. The van der Waals surface area contributed by atoms with Crippen LogP contribution in [0, 0.1) is 0 Å². The molecule has 0 bridgehead atoms. The summed E-state index contributed by atoms with van der Waals surface area (Å²) in [5, 5.41) is 40.3. The molecule has 0 saturated carbocycles. The van der Waals surface area contributed by atoms with Crippen molar-refractivity contribution in [2.45, 2.75) is 0 Å². The van der Waals surface area contributed by atoms with Gasteiger partial charge in [0, 0.05) is 23.3 Å². The molecule has 16 heteroatoms. The average molecular weight is 749 g/mol. The van der Waals surface area contributed by atoms with E-state index < -0.39 is 22.4 Å². The van der Waals surface area contributed by atoms with Gasteiger partial charge in [-0.3, -0.25) is 9.59 Å². The number of fused-ring (bicyclic) bond motifs is 2. The van der Waals surface area contributed by atoms with E-state index >= 15 is 0 Å².